The van der Waals surface area contributed by atoms with E-state index in [1.807, 2.05) is 13.8 Å². The highest BCUT2D eigenvalue weighted by molar-refractivity contribution is 5.92. The summed E-state index contributed by atoms with van der Waals surface area (Å²) in [7, 11) is 1.66. The summed E-state index contributed by atoms with van der Waals surface area (Å²) in [6.45, 7) is 4.45. The highest BCUT2D eigenvalue weighted by Crippen LogP contribution is 2.33. The van der Waals surface area contributed by atoms with E-state index in [0.717, 1.165) is 23.6 Å². The maximum absolute atomic E-state index is 12.7. The largest absolute Gasteiger partial charge is 0.380 e. The molecule has 1 fully saturated rings. The molecule has 2 aromatic heterocycles. The molecule has 0 unspecified atom stereocenters. The number of amides is 1. The van der Waals surface area contributed by atoms with Crippen molar-refractivity contribution in [2.45, 2.75) is 32.4 Å². The summed E-state index contributed by atoms with van der Waals surface area (Å²) < 4.78 is 5.44. The molecule has 2 aromatic rings. The SMILES string of the molecule is CO[C@@H]1C[C@@H](c2nc(C)c(C)[nH]2)N(C(=O)c2cnccn2)C1. The molecule has 0 spiro atoms. The summed E-state index contributed by atoms with van der Waals surface area (Å²) in [6.07, 6.45) is 5.27. The molecule has 7 nitrogen and oxygen atoms in total. The molecule has 0 aromatic carbocycles. The van der Waals surface area contributed by atoms with E-state index in [4.69, 9.17) is 4.74 Å². The van der Waals surface area contributed by atoms with Crippen molar-refractivity contribution in [3.8, 4) is 0 Å². The number of aromatic amines is 1. The normalized spacial score (nSPS) is 21.3. The molecule has 0 saturated carbocycles. The maximum Gasteiger partial charge on any atom is 0.274 e. The highest BCUT2D eigenvalue weighted by atomic mass is 16.5. The summed E-state index contributed by atoms with van der Waals surface area (Å²) in [4.78, 5) is 30.4. The zero-order chi connectivity index (χ0) is 15.7. The number of ether oxygens (including phenoxy) is 1. The fourth-order valence-electron chi connectivity index (χ4n) is 2.74. The van der Waals surface area contributed by atoms with Crippen LogP contribution in [0.2, 0.25) is 0 Å². The lowest BCUT2D eigenvalue weighted by atomic mass is 10.2. The topological polar surface area (TPSA) is 84.0 Å². The van der Waals surface area contributed by atoms with E-state index in [1.54, 1.807) is 18.2 Å². The van der Waals surface area contributed by atoms with E-state index in [0.29, 0.717) is 12.2 Å². The molecule has 3 heterocycles. The first-order chi connectivity index (χ1) is 10.6. The first-order valence-electron chi connectivity index (χ1n) is 7.23. The van der Waals surface area contributed by atoms with Crippen LogP contribution in [0.3, 0.4) is 0 Å². The van der Waals surface area contributed by atoms with Crippen LogP contribution in [0, 0.1) is 13.8 Å². The predicted molar refractivity (Wildman–Crippen MR) is 79.3 cm³/mol. The van der Waals surface area contributed by atoms with Gasteiger partial charge in [0.25, 0.3) is 5.91 Å². The number of imidazole rings is 1. The molecule has 0 aliphatic carbocycles. The van der Waals surface area contributed by atoms with E-state index >= 15 is 0 Å². The molecule has 116 valence electrons. The Morgan fingerprint density at radius 1 is 1.41 bits per heavy atom. The molecule has 1 aliphatic rings. The summed E-state index contributed by atoms with van der Waals surface area (Å²) >= 11 is 0. The number of hydrogen-bond acceptors (Lipinski definition) is 5. The van der Waals surface area contributed by atoms with Gasteiger partial charge in [0.2, 0.25) is 0 Å². The minimum atomic E-state index is -0.149. The maximum atomic E-state index is 12.7. The number of aryl methyl sites for hydroxylation is 2. The van der Waals surface area contributed by atoms with E-state index in [9.17, 15) is 4.79 Å². The first kappa shape index (κ1) is 14.6. The number of methoxy groups -OCH3 is 1. The smallest absolute Gasteiger partial charge is 0.274 e. The molecule has 3 rings (SSSR count). The van der Waals surface area contributed by atoms with Crippen LogP contribution in [0.4, 0.5) is 0 Å². The van der Waals surface area contributed by atoms with Crippen LogP contribution >= 0.6 is 0 Å². The fraction of sp³-hybridized carbons (Fsp3) is 0.467. The Labute approximate surface area is 128 Å². The van der Waals surface area contributed by atoms with Crippen molar-refractivity contribution in [3.63, 3.8) is 0 Å². The van der Waals surface area contributed by atoms with Gasteiger partial charge in [0, 0.05) is 38.2 Å². The predicted octanol–water partition coefficient (Wildman–Crippen LogP) is 1.42. The lowest BCUT2D eigenvalue weighted by Gasteiger charge is -2.22. The lowest BCUT2D eigenvalue weighted by Crippen LogP contribution is -2.33. The van der Waals surface area contributed by atoms with Gasteiger partial charge in [0.15, 0.2) is 0 Å². The number of carbonyl (C=O) groups excluding carboxylic acids is 1. The number of hydrogen-bond donors (Lipinski definition) is 1. The summed E-state index contributed by atoms with van der Waals surface area (Å²) in [5.41, 5.74) is 2.30. The minimum absolute atomic E-state index is 0.00339. The summed E-state index contributed by atoms with van der Waals surface area (Å²) in [5.74, 6) is 0.649. The third-order valence-corrected chi connectivity index (χ3v) is 4.10. The Kier molecular flexibility index (Phi) is 3.89. The van der Waals surface area contributed by atoms with Crippen molar-refractivity contribution in [2.75, 3.05) is 13.7 Å². The standard InChI is InChI=1S/C15H19N5O2/c1-9-10(2)19-14(18-9)13-6-11(22-3)8-20(13)15(21)12-7-16-4-5-17-12/h4-5,7,11,13H,6,8H2,1-3H3,(H,18,19)/t11-,13+/m1/s1. The van der Waals surface area contributed by atoms with Gasteiger partial charge in [-0.2, -0.15) is 0 Å². The van der Waals surface area contributed by atoms with Gasteiger partial charge in [-0.15, -0.1) is 0 Å². The average molecular weight is 301 g/mol. The second-order valence-electron chi connectivity index (χ2n) is 5.49. The third-order valence-electron chi connectivity index (χ3n) is 4.10. The van der Waals surface area contributed by atoms with Crippen LogP contribution in [0.1, 0.15) is 40.2 Å². The number of nitrogens with one attached hydrogen (secondary N) is 1. The Bertz CT molecular complexity index is 650. The van der Waals surface area contributed by atoms with Gasteiger partial charge in [-0.05, 0) is 13.8 Å². The van der Waals surface area contributed by atoms with E-state index in [1.165, 1.54) is 12.4 Å². The van der Waals surface area contributed by atoms with E-state index in [-0.39, 0.29) is 18.1 Å². The van der Waals surface area contributed by atoms with Crippen molar-refractivity contribution < 1.29 is 9.53 Å². The Morgan fingerprint density at radius 3 is 2.82 bits per heavy atom. The number of H-pyrrole nitrogens is 1. The monoisotopic (exact) mass is 301 g/mol. The summed E-state index contributed by atoms with van der Waals surface area (Å²) in [5, 5.41) is 0. The lowest BCUT2D eigenvalue weighted by molar-refractivity contribution is 0.0678. The quantitative estimate of drug-likeness (QED) is 0.927. The second kappa shape index (κ2) is 5.84. The van der Waals surface area contributed by atoms with Crippen LogP contribution in [0.15, 0.2) is 18.6 Å². The van der Waals surface area contributed by atoms with Crippen LogP contribution in [-0.2, 0) is 4.74 Å². The average Bonchev–Trinajstić information content (AvgIpc) is 3.11. The zero-order valence-electron chi connectivity index (χ0n) is 12.9. The van der Waals surface area contributed by atoms with Crippen molar-refractivity contribution >= 4 is 5.91 Å². The Hall–Kier alpha value is -2.28. The zero-order valence-corrected chi connectivity index (χ0v) is 12.9. The molecule has 1 aliphatic heterocycles. The molecule has 1 amide bonds. The molecule has 0 radical (unpaired) electrons. The fourth-order valence-corrected chi connectivity index (χ4v) is 2.74. The Morgan fingerprint density at radius 2 is 2.23 bits per heavy atom. The number of aromatic nitrogens is 4. The van der Waals surface area contributed by atoms with Gasteiger partial charge < -0.3 is 14.6 Å². The van der Waals surface area contributed by atoms with E-state index < -0.39 is 0 Å². The van der Waals surface area contributed by atoms with Gasteiger partial charge in [-0.3, -0.25) is 9.78 Å². The number of carbonyl (C=O) groups is 1. The van der Waals surface area contributed by atoms with Crippen molar-refractivity contribution in [2.24, 2.45) is 0 Å². The molecular formula is C15H19N5O2. The van der Waals surface area contributed by atoms with Gasteiger partial charge in [-0.1, -0.05) is 0 Å². The van der Waals surface area contributed by atoms with Crippen LogP contribution in [-0.4, -0.2) is 50.5 Å². The minimum Gasteiger partial charge on any atom is -0.380 e. The van der Waals surface area contributed by atoms with Crippen molar-refractivity contribution in [3.05, 3.63) is 41.5 Å². The molecule has 1 N–H and O–H groups in total. The number of rotatable bonds is 3. The van der Waals surface area contributed by atoms with Gasteiger partial charge >= 0.3 is 0 Å². The summed E-state index contributed by atoms with van der Waals surface area (Å²) in [6, 6.07) is -0.133. The molecular weight excluding hydrogens is 282 g/mol. The third kappa shape index (κ3) is 2.59. The Balaban J connectivity index is 1.91. The molecule has 22 heavy (non-hydrogen) atoms. The van der Waals surface area contributed by atoms with Crippen molar-refractivity contribution in [1.82, 2.24) is 24.8 Å². The molecule has 2 atom stereocenters. The molecule has 7 heteroatoms. The van der Waals surface area contributed by atoms with E-state index in [2.05, 4.69) is 19.9 Å². The van der Waals surface area contributed by atoms with Crippen molar-refractivity contribution in [1.29, 1.82) is 0 Å². The number of likely N-dealkylation sites (tertiary alicyclic amines) is 1. The van der Waals surface area contributed by atoms with Gasteiger partial charge in [-0.25, -0.2) is 9.97 Å². The van der Waals surface area contributed by atoms with Crippen LogP contribution < -0.4 is 0 Å². The first-order valence-corrected chi connectivity index (χ1v) is 7.23. The number of nitrogens with zero attached hydrogens (tertiary/aromatic N) is 4. The molecule has 1 saturated heterocycles. The molecule has 0 bridgehead atoms. The van der Waals surface area contributed by atoms with Crippen LogP contribution in [0.5, 0.6) is 0 Å². The van der Waals surface area contributed by atoms with Crippen LogP contribution in [0.25, 0.3) is 0 Å². The second-order valence-corrected chi connectivity index (χ2v) is 5.49. The van der Waals surface area contributed by atoms with Gasteiger partial charge in [0.05, 0.1) is 24.0 Å². The highest BCUT2D eigenvalue weighted by Gasteiger charge is 2.38. The van der Waals surface area contributed by atoms with Gasteiger partial charge in [0.1, 0.15) is 11.5 Å².